The van der Waals surface area contributed by atoms with Crippen molar-refractivity contribution < 1.29 is 4.42 Å². The number of hydrogen-bond donors (Lipinski definition) is 1. The van der Waals surface area contributed by atoms with E-state index < -0.39 is 0 Å². The molecule has 2 heterocycles. The molecule has 4 nitrogen and oxygen atoms in total. The maximum atomic E-state index is 5.36. The summed E-state index contributed by atoms with van der Waals surface area (Å²) < 4.78 is 7.28. The molecule has 0 amide bonds. The third kappa shape index (κ3) is 2.42. The van der Waals surface area contributed by atoms with Crippen molar-refractivity contribution in [1.82, 2.24) is 14.8 Å². The summed E-state index contributed by atoms with van der Waals surface area (Å²) in [6, 6.07) is 12.0. The van der Waals surface area contributed by atoms with Crippen molar-refractivity contribution >= 4 is 12.6 Å². The van der Waals surface area contributed by atoms with Crippen molar-refractivity contribution in [2.24, 2.45) is 0 Å². The molecule has 5 heteroatoms. The van der Waals surface area contributed by atoms with E-state index in [0.717, 1.165) is 17.1 Å². The van der Waals surface area contributed by atoms with E-state index in [-0.39, 0.29) is 0 Å². The van der Waals surface area contributed by atoms with Crippen LogP contribution in [0.25, 0.3) is 11.4 Å². The molecule has 19 heavy (non-hydrogen) atoms. The van der Waals surface area contributed by atoms with Crippen molar-refractivity contribution in [1.29, 1.82) is 0 Å². The topological polar surface area (TPSA) is 43.9 Å². The molecule has 3 aromatic rings. The molecule has 1 aromatic carbocycles. The van der Waals surface area contributed by atoms with Gasteiger partial charge in [-0.1, -0.05) is 29.8 Å². The first kappa shape index (κ1) is 12.0. The number of rotatable bonds is 3. The van der Waals surface area contributed by atoms with Gasteiger partial charge < -0.3 is 4.42 Å². The van der Waals surface area contributed by atoms with E-state index in [1.54, 1.807) is 6.26 Å². The molecule has 0 aliphatic rings. The maximum Gasteiger partial charge on any atom is 0.188 e. The molecule has 96 valence electrons. The summed E-state index contributed by atoms with van der Waals surface area (Å²) in [7, 11) is 0. The lowest BCUT2D eigenvalue weighted by Crippen LogP contribution is -2.02. The summed E-state index contributed by atoms with van der Waals surface area (Å²) >= 11 is 4.35. The molecule has 0 atom stereocenters. The number of nitrogens with zero attached hydrogens (tertiary/aromatic N) is 3. The van der Waals surface area contributed by atoms with Crippen molar-refractivity contribution in [2.45, 2.75) is 18.6 Å². The average Bonchev–Trinajstić information content (AvgIpc) is 3.03. The number of aryl methyl sites for hydroxylation is 1. The molecule has 3 rings (SSSR count). The van der Waals surface area contributed by atoms with Gasteiger partial charge in [0.2, 0.25) is 0 Å². The number of aromatic nitrogens is 3. The van der Waals surface area contributed by atoms with E-state index in [0.29, 0.717) is 11.7 Å². The SMILES string of the molecule is Cc1ccc(-c2nnc(S)n2Cc2ccco2)cc1. The predicted molar refractivity (Wildman–Crippen MR) is 75.3 cm³/mol. The summed E-state index contributed by atoms with van der Waals surface area (Å²) in [6.45, 7) is 2.63. The molecule has 0 fully saturated rings. The quantitative estimate of drug-likeness (QED) is 0.744. The highest BCUT2D eigenvalue weighted by molar-refractivity contribution is 7.80. The zero-order chi connectivity index (χ0) is 13.2. The zero-order valence-electron chi connectivity index (χ0n) is 10.4. The standard InChI is InChI=1S/C14H13N3OS/c1-10-4-6-11(7-5-10)13-15-16-14(19)17(13)9-12-3-2-8-18-12/h2-8H,9H2,1H3,(H,16,19). The summed E-state index contributed by atoms with van der Waals surface area (Å²) in [5, 5.41) is 8.80. The lowest BCUT2D eigenvalue weighted by molar-refractivity contribution is 0.485. The Balaban J connectivity index is 2.00. The summed E-state index contributed by atoms with van der Waals surface area (Å²) in [5.74, 6) is 1.64. The van der Waals surface area contributed by atoms with Gasteiger partial charge in [0.1, 0.15) is 5.76 Å². The predicted octanol–water partition coefficient (Wildman–Crippen LogP) is 3.18. The van der Waals surface area contributed by atoms with Gasteiger partial charge in [-0.05, 0) is 19.1 Å². The Kier molecular flexibility index (Phi) is 3.13. The minimum atomic E-state index is 0.571. The van der Waals surface area contributed by atoms with Crippen molar-refractivity contribution in [3.63, 3.8) is 0 Å². The summed E-state index contributed by atoms with van der Waals surface area (Å²) in [4.78, 5) is 0. The number of thiol groups is 1. The molecule has 0 bridgehead atoms. The molecule has 2 aromatic heterocycles. The Bertz CT molecular complexity index is 671. The normalized spacial score (nSPS) is 10.8. The highest BCUT2D eigenvalue weighted by atomic mass is 32.1. The Morgan fingerprint density at radius 3 is 2.63 bits per heavy atom. The van der Waals surface area contributed by atoms with E-state index in [1.807, 2.05) is 28.8 Å². The lowest BCUT2D eigenvalue weighted by Gasteiger charge is -2.06. The molecular formula is C14H13N3OS. The summed E-state index contributed by atoms with van der Waals surface area (Å²) in [6.07, 6.45) is 1.66. The van der Waals surface area contributed by atoms with Gasteiger partial charge in [-0.15, -0.1) is 22.8 Å². The third-order valence-electron chi connectivity index (χ3n) is 2.94. The van der Waals surface area contributed by atoms with Crippen LogP contribution < -0.4 is 0 Å². The van der Waals surface area contributed by atoms with E-state index in [4.69, 9.17) is 4.42 Å². The van der Waals surface area contributed by atoms with Crippen LogP contribution in [0.5, 0.6) is 0 Å². The minimum Gasteiger partial charge on any atom is -0.467 e. The smallest absolute Gasteiger partial charge is 0.188 e. The molecule has 0 N–H and O–H groups in total. The van der Waals surface area contributed by atoms with Crippen LogP contribution in [-0.2, 0) is 6.54 Å². The largest absolute Gasteiger partial charge is 0.467 e. The highest BCUT2D eigenvalue weighted by Gasteiger charge is 2.12. The van der Waals surface area contributed by atoms with Crippen LogP contribution >= 0.6 is 12.6 Å². The van der Waals surface area contributed by atoms with Gasteiger partial charge in [0, 0.05) is 5.56 Å². The molecule has 0 saturated carbocycles. The van der Waals surface area contributed by atoms with Crippen LogP contribution in [0.3, 0.4) is 0 Å². The monoisotopic (exact) mass is 271 g/mol. The fourth-order valence-electron chi connectivity index (χ4n) is 1.91. The number of furan rings is 1. The van der Waals surface area contributed by atoms with Gasteiger partial charge in [0.05, 0.1) is 12.8 Å². The van der Waals surface area contributed by atoms with Gasteiger partial charge in [0.25, 0.3) is 0 Å². The van der Waals surface area contributed by atoms with Crippen LogP contribution in [0.15, 0.2) is 52.2 Å². The second kappa shape index (κ2) is 4.93. The number of benzene rings is 1. The molecule has 0 radical (unpaired) electrons. The zero-order valence-corrected chi connectivity index (χ0v) is 11.3. The van der Waals surface area contributed by atoms with E-state index >= 15 is 0 Å². The van der Waals surface area contributed by atoms with Gasteiger partial charge in [-0.2, -0.15) is 0 Å². The first-order valence-corrected chi connectivity index (χ1v) is 6.40. The van der Waals surface area contributed by atoms with Crippen LogP contribution in [0.2, 0.25) is 0 Å². The first-order valence-electron chi connectivity index (χ1n) is 5.95. The van der Waals surface area contributed by atoms with Gasteiger partial charge in [-0.3, -0.25) is 4.57 Å². The molecule has 0 aliphatic heterocycles. The fourth-order valence-corrected chi connectivity index (χ4v) is 2.13. The number of hydrogen-bond acceptors (Lipinski definition) is 4. The average molecular weight is 271 g/mol. The minimum absolute atomic E-state index is 0.571. The second-order valence-electron chi connectivity index (χ2n) is 4.36. The third-order valence-corrected chi connectivity index (χ3v) is 3.27. The fraction of sp³-hybridized carbons (Fsp3) is 0.143. The van der Waals surface area contributed by atoms with Gasteiger partial charge in [0.15, 0.2) is 11.0 Å². The van der Waals surface area contributed by atoms with E-state index in [9.17, 15) is 0 Å². The lowest BCUT2D eigenvalue weighted by atomic mass is 10.1. The maximum absolute atomic E-state index is 5.36. The Morgan fingerprint density at radius 2 is 1.95 bits per heavy atom. The van der Waals surface area contributed by atoms with Crippen LogP contribution in [-0.4, -0.2) is 14.8 Å². The van der Waals surface area contributed by atoms with Crippen LogP contribution in [0.4, 0.5) is 0 Å². The Labute approximate surface area is 116 Å². The molecule has 0 aliphatic carbocycles. The van der Waals surface area contributed by atoms with Crippen molar-refractivity contribution in [3.8, 4) is 11.4 Å². The second-order valence-corrected chi connectivity index (χ2v) is 4.76. The summed E-state index contributed by atoms with van der Waals surface area (Å²) in [5.41, 5.74) is 2.23. The van der Waals surface area contributed by atoms with E-state index in [1.165, 1.54) is 5.56 Å². The molecule has 0 unspecified atom stereocenters. The van der Waals surface area contributed by atoms with Gasteiger partial charge >= 0.3 is 0 Å². The van der Waals surface area contributed by atoms with Crippen molar-refractivity contribution in [2.75, 3.05) is 0 Å². The molecule has 0 spiro atoms. The molecular weight excluding hydrogens is 258 g/mol. The van der Waals surface area contributed by atoms with Crippen LogP contribution in [0, 0.1) is 6.92 Å². The van der Waals surface area contributed by atoms with E-state index in [2.05, 4.69) is 41.9 Å². The van der Waals surface area contributed by atoms with Crippen LogP contribution in [0.1, 0.15) is 11.3 Å². The Morgan fingerprint density at radius 1 is 1.16 bits per heavy atom. The van der Waals surface area contributed by atoms with Crippen molar-refractivity contribution in [3.05, 3.63) is 54.0 Å². The highest BCUT2D eigenvalue weighted by Crippen LogP contribution is 2.21. The first-order chi connectivity index (χ1) is 9.24. The van der Waals surface area contributed by atoms with Gasteiger partial charge in [-0.25, -0.2) is 0 Å². The Hall–Kier alpha value is -2.01. The molecule has 0 saturated heterocycles.